The Labute approximate surface area is 90.7 Å². The summed E-state index contributed by atoms with van der Waals surface area (Å²) in [6.45, 7) is -0.346. The third kappa shape index (κ3) is 5.48. The molecule has 1 rings (SSSR count). The van der Waals surface area contributed by atoms with Crippen molar-refractivity contribution >= 4 is 15.6 Å². The maximum atomic E-state index is 11.0. The van der Waals surface area contributed by atoms with Gasteiger partial charge in [-0.1, -0.05) is 6.07 Å². The van der Waals surface area contributed by atoms with Crippen molar-refractivity contribution in [3.05, 3.63) is 30.1 Å². The highest BCUT2D eigenvalue weighted by atomic mass is 31.3. The lowest BCUT2D eigenvalue weighted by Gasteiger charge is -2.11. The minimum Gasteiger partial charge on any atom is -0.302 e. The molecule has 1 aromatic rings. The standard InChI is InChI=1S/C6H9NO7P2/c8-15(9,10)14-16(11,12)13-5-6-2-1-3-7-4-6/h1-4H,5H2,(H,11,12)(H2,8,9,10). The van der Waals surface area contributed by atoms with Crippen LogP contribution in [0.2, 0.25) is 0 Å². The van der Waals surface area contributed by atoms with Crippen molar-refractivity contribution in [3.63, 3.8) is 0 Å². The first-order chi connectivity index (χ1) is 7.29. The number of rotatable bonds is 5. The highest BCUT2D eigenvalue weighted by molar-refractivity contribution is 7.60. The molecule has 0 aliphatic rings. The van der Waals surface area contributed by atoms with Crippen molar-refractivity contribution in [1.29, 1.82) is 0 Å². The Balaban J connectivity index is 2.55. The summed E-state index contributed by atoms with van der Waals surface area (Å²) in [6.07, 6.45) is 2.87. The molecule has 1 aromatic heterocycles. The molecule has 1 atom stereocenters. The van der Waals surface area contributed by atoms with E-state index in [2.05, 4.69) is 13.8 Å². The lowest BCUT2D eigenvalue weighted by Crippen LogP contribution is -1.95. The van der Waals surface area contributed by atoms with Crippen LogP contribution in [0.15, 0.2) is 24.5 Å². The second kappa shape index (κ2) is 5.16. The van der Waals surface area contributed by atoms with Gasteiger partial charge >= 0.3 is 15.6 Å². The molecule has 0 aromatic carbocycles. The average Bonchev–Trinajstić information content (AvgIpc) is 2.13. The maximum Gasteiger partial charge on any atom is 0.481 e. The van der Waals surface area contributed by atoms with Crippen molar-refractivity contribution in [3.8, 4) is 0 Å². The number of hydrogen-bond acceptors (Lipinski definition) is 5. The van der Waals surface area contributed by atoms with E-state index < -0.39 is 15.6 Å². The Morgan fingerprint density at radius 3 is 2.50 bits per heavy atom. The molecule has 0 aliphatic carbocycles. The largest absolute Gasteiger partial charge is 0.481 e. The first kappa shape index (κ1) is 13.5. The molecule has 0 saturated heterocycles. The van der Waals surface area contributed by atoms with E-state index in [0.717, 1.165) is 0 Å². The highest BCUT2D eigenvalue weighted by Crippen LogP contribution is 2.57. The van der Waals surface area contributed by atoms with Crippen molar-refractivity contribution in [2.24, 2.45) is 0 Å². The van der Waals surface area contributed by atoms with Gasteiger partial charge in [-0.25, -0.2) is 9.13 Å². The third-order valence-electron chi connectivity index (χ3n) is 1.33. The number of phosphoric ester groups is 1. The van der Waals surface area contributed by atoms with Gasteiger partial charge in [-0.3, -0.25) is 9.51 Å². The second-order valence-corrected chi connectivity index (χ2v) is 5.51. The van der Waals surface area contributed by atoms with Gasteiger partial charge in [-0.2, -0.15) is 4.31 Å². The predicted octanol–water partition coefficient (Wildman–Crippen LogP) is 0.808. The van der Waals surface area contributed by atoms with Crippen LogP contribution in [-0.2, 0) is 24.6 Å². The van der Waals surface area contributed by atoms with Crippen LogP contribution in [0, 0.1) is 0 Å². The molecule has 1 unspecified atom stereocenters. The minimum absolute atomic E-state index is 0.346. The van der Waals surface area contributed by atoms with E-state index in [1.807, 2.05) is 0 Å². The predicted molar refractivity (Wildman–Crippen MR) is 52.0 cm³/mol. The molecule has 0 aliphatic heterocycles. The second-order valence-electron chi connectivity index (χ2n) is 2.68. The fourth-order valence-electron chi connectivity index (χ4n) is 0.798. The number of nitrogens with zero attached hydrogens (tertiary/aromatic N) is 1. The monoisotopic (exact) mass is 269 g/mol. The SMILES string of the molecule is O=P(O)(O)OP(=O)(O)OCc1cccnc1. The molecule has 0 bridgehead atoms. The molecule has 8 nitrogen and oxygen atoms in total. The fourth-order valence-corrected chi connectivity index (χ4v) is 2.37. The molecule has 0 spiro atoms. The van der Waals surface area contributed by atoms with Gasteiger partial charge in [-0.15, -0.1) is 0 Å². The molecule has 90 valence electrons. The van der Waals surface area contributed by atoms with Crippen molar-refractivity contribution in [2.45, 2.75) is 6.61 Å². The van der Waals surface area contributed by atoms with E-state index in [1.54, 1.807) is 12.1 Å². The lowest BCUT2D eigenvalue weighted by molar-refractivity contribution is 0.172. The Hall–Kier alpha value is -0.590. The van der Waals surface area contributed by atoms with Crippen LogP contribution in [0.5, 0.6) is 0 Å². The summed E-state index contributed by atoms with van der Waals surface area (Å²) in [5, 5.41) is 0. The van der Waals surface area contributed by atoms with E-state index in [0.29, 0.717) is 5.56 Å². The van der Waals surface area contributed by atoms with Gasteiger partial charge in [0.2, 0.25) is 0 Å². The third-order valence-corrected chi connectivity index (χ3v) is 3.46. The van der Waals surface area contributed by atoms with Crippen LogP contribution < -0.4 is 0 Å². The molecule has 10 heteroatoms. The maximum absolute atomic E-state index is 11.0. The van der Waals surface area contributed by atoms with E-state index in [1.165, 1.54) is 12.4 Å². The van der Waals surface area contributed by atoms with Gasteiger partial charge in [0.25, 0.3) is 0 Å². The van der Waals surface area contributed by atoms with Gasteiger partial charge in [-0.05, 0) is 11.6 Å². The van der Waals surface area contributed by atoms with E-state index in [4.69, 9.17) is 14.7 Å². The minimum atomic E-state index is -5.06. The summed E-state index contributed by atoms with van der Waals surface area (Å²) in [6, 6.07) is 3.13. The summed E-state index contributed by atoms with van der Waals surface area (Å²) in [7, 11) is -9.83. The average molecular weight is 269 g/mol. The van der Waals surface area contributed by atoms with Gasteiger partial charge in [0.1, 0.15) is 0 Å². The van der Waals surface area contributed by atoms with Crippen LogP contribution in [0.3, 0.4) is 0 Å². The zero-order valence-corrected chi connectivity index (χ0v) is 9.62. The van der Waals surface area contributed by atoms with E-state index in [9.17, 15) is 9.13 Å². The van der Waals surface area contributed by atoms with E-state index >= 15 is 0 Å². The van der Waals surface area contributed by atoms with Crippen LogP contribution in [0.25, 0.3) is 0 Å². The molecule has 0 amide bonds. The van der Waals surface area contributed by atoms with Gasteiger partial charge in [0, 0.05) is 12.4 Å². The first-order valence-electron chi connectivity index (χ1n) is 3.92. The molecular formula is C6H9NO7P2. The first-order valence-corrected chi connectivity index (χ1v) is 6.94. The van der Waals surface area contributed by atoms with Crippen LogP contribution in [0.4, 0.5) is 0 Å². The number of phosphoric acid groups is 2. The van der Waals surface area contributed by atoms with Crippen LogP contribution >= 0.6 is 15.6 Å². The number of pyridine rings is 1. The molecule has 0 saturated carbocycles. The quantitative estimate of drug-likeness (QED) is 0.670. The van der Waals surface area contributed by atoms with E-state index in [-0.39, 0.29) is 6.61 Å². The van der Waals surface area contributed by atoms with Gasteiger partial charge < -0.3 is 14.7 Å². The Bertz CT molecular complexity index is 430. The summed E-state index contributed by atoms with van der Waals surface area (Å²) in [5.74, 6) is 0. The van der Waals surface area contributed by atoms with Crippen LogP contribution in [-0.4, -0.2) is 19.7 Å². The van der Waals surface area contributed by atoms with Crippen molar-refractivity contribution in [1.82, 2.24) is 4.98 Å². The molecular weight excluding hydrogens is 260 g/mol. The van der Waals surface area contributed by atoms with Gasteiger partial charge in [0.05, 0.1) is 6.61 Å². The zero-order valence-electron chi connectivity index (χ0n) is 7.83. The summed E-state index contributed by atoms with van der Waals surface area (Å²) in [5.41, 5.74) is 0.464. The smallest absolute Gasteiger partial charge is 0.302 e. The summed E-state index contributed by atoms with van der Waals surface area (Å²) < 4.78 is 29.2. The van der Waals surface area contributed by atoms with Crippen LogP contribution in [0.1, 0.15) is 5.56 Å². The molecule has 0 radical (unpaired) electrons. The Morgan fingerprint density at radius 2 is 2.00 bits per heavy atom. The summed E-state index contributed by atoms with van der Waals surface area (Å²) in [4.78, 5) is 29.3. The Morgan fingerprint density at radius 1 is 1.31 bits per heavy atom. The topological polar surface area (TPSA) is 126 Å². The normalized spacial score (nSPS) is 15.7. The van der Waals surface area contributed by atoms with Gasteiger partial charge in [0.15, 0.2) is 0 Å². The summed E-state index contributed by atoms with van der Waals surface area (Å²) >= 11 is 0. The molecule has 0 fully saturated rings. The fraction of sp³-hybridized carbons (Fsp3) is 0.167. The zero-order chi connectivity index (χ0) is 12.2. The molecule has 1 heterocycles. The molecule has 3 N–H and O–H groups in total. The number of aromatic nitrogens is 1. The van der Waals surface area contributed by atoms with Crippen molar-refractivity contribution in [2.75, 3.05) is 0 Å². The lowest BCUT2D eigenvalue weighted by atomic mass is 10.3. The highest BCUT2D eigenvalue weighted by Gasteiger charge is 2.32. The molecule has 16 heavy (non-hydrogen) atoms. The number of hydrogen-bond donors (Lipinski definition) is 3. The Kier molecular flexibility index (Phi) is 4.35. The van der Waals surface area contributed by atoms with Crippen molar-refractivity contribution < 1.29 is 32.6 Å².